The molecule has 2 rings (SSSR count). The van der Waals surface area contributed by atoms with Gasteiger partial charge in [0.2, 0.25) is 0 Å². The standard InChI is InChI=1S/C10H12OS/c1-7-5-6-10(12-7)8-3-2-4-9(8)11/h5-6,8H,2-4H2,1H3. The molecule has 0 aliphatic heterocycles. The summed E-state index contributed by atoms with van der Waals surface area (Å²) in [4.78, 5) is 14.0. The molecule has 1 aliphatic carbocycles. The minimum atomic E-state index is 0.240. The normalized spacial score (nSPS) is 23.4. The molecule has 1 fully saturated rings. The van der Waals surface area contributed by atoms with Gasteiger partial charge in [0, 0.05) is 16.2 Å². The molecular formula is C10H12OS. The fourth-order valence-corrected chi connectivity index (χ4v) is 2.79. The summed E-state index contributed by atoms with van der Waals surface area (Å²) in [6.07, 6.45) is 2.95. The van der Waals surface area contributed by atoms with E-state index in [9.17, 15) is 4.79 Å². The van der Waals surface area contributed by atoms with Crippen LogP contribution in [0.1, 0.15) is 34.9 Å². The van der Waals surface area contributed by atoms with Gasteiger partial charge in [-0.1, -0.05) is 0 Å². The number of thiophene rings is 1. The summed E-state index contributed by atoms with van der Waals surface area (Å²) in [6, 6.07) is 4.21. The Kier molecular flexibility index (Phi) is 2.01. The Bertz CT molecular complexity index is 301. The zero-order valence-electron chi connectivity index (χ0n) is 7.17. The van der Waals surface area contributed by atoms with Gasteiger partial charge in [-0.05, 0) is 31.9 Å². The van der Waals surface area contributed by atoms with Crippen LogP contribution < -0.4 is 0 Å². The first-order valence-electron chi connectivity index (χ1n) is 4.36. The van der Waals surface area contributed by atoms with Crippen molar-refractivity contribution in [3.63, 3.8) is 0 Å². The van der Waals surface area contributed by atoms with Crippen LogP contribution in [0.25, 0.3) is 0 Å². The molecule has 1 aliphatic rings. The number of carbonyl (C=O) groups excluding carboxylic acids is 1. The Labute approximate surface area is 76.4 Å². The maximum atomic E-state index is 11.4. The molecule has 0 bridgehead atoms. The van der Waals surface area contributed by atoms with Gasteiger partial charge in [0.25, 0.3) is 0 Å². The molecule has 0 amide bonds. The van der Waals surface area contributed by atoms with Crippen LogP contribution in [0.4, 0.5) is 0 Å². The number of Topliss-reactive ketones (excluding diaryl/α,β-unsaturated/α-hetero) is 1. The Morgan fingerprint density at radius 2 is 2.33 bits per heavy atom. The maximum Gasteiger partial charge on any atom is 0.141 e. The lowest BCUT2D eigenvalue weighted by molar-refractivity contribution is -0.118. The summed E-state index contributed by atoms with van der Waals surface area (Å²) in [6.45, 7) is 2.09. The summed E-state index contributed by atoms with van der Waals surface area (Å²) in [5.41, 5.74) is 0. The van der Waals surface area contributed by atoms with Gasteiger partial charge >= 0.3 is 0 Å². The minimum absolute atomic E-state index is 0.240. The second kappa shape index (κ2) is 3.02. The Balaban J connectivity index is 2.24. The van der Waals surface area contributed by atoms with Crippen LogP contribution in [-0.4, -0.2) is 5.78 Å². The van der Waals surface area contributed by atoms with Crippen LogP contribution in [0, 0.1) is 6.92 Å². The molecule has 0 saturated heterocycles. The highest BCUT2D eigenvalue weighted by molar-refractivity contribution is 7.12. The van der Waals surface area contributed by atoms with Crippen molar-refractivity contribution in [2.75, 3.05) is 0 Å². The van der Waals surface area contributed by atoms with Crippen molar-refractivity contribution >= 4 is 17.1 Å². The SMILES string of the molecule is Cc1ccc(C2CCCC2=O)s1. The zero-order valence-corrected chi connectivity index (χ0v) is 7.99. The number of rotatable bonds is 1. The van der Waals surface area contributed by atoms with Gasteiger partial charge in [-0.15, -0.1) is 11.3 Å². The highest BCUT2D eigenvalue weighted by Gasteiger charge is 2.26. The lowest BCUT2D eigenvalue weighted by Crippen LogP contribution is -2.01. The van der Waals surface area contributed by atoms with Gasteiger partial charge < -0.3 is 0 Å². The molecule has 0 N–H and O–H groups in total. The van der Waals surface area contributed by atoms with Gasteiger partial charge in [-0.3, -0.25) is 4.79 Å². The van der Waals surface area contributed by atoms with Crippen LogP contribution in [0.3, 0.4) is 0 Å². The molecule has 2 heteroatoms. The van der Waals surface area contributed by atoms with Gasteiger partial charge in [0.15, 0.2) is 0 Å². The molecule has 1 saturated carbocycles. The molecule has 1 nitrogen and oxygen atoms in total. The van der Waals surface area contributed by atoms with Crippen molar-refractivity contribution in [3.05, 3.63) is 21.9 Å². The second-order valence-corrected chi connectivity index (χ2v) is 4.68. The maximum absolute atomic E-state index is 11.4. The molecule has 1 unspecified atom stereocenters. The van der Waals surface area contributed by atoms with E-state index in [1.165, 1.54) is 9.75 Å². The predicted molar refractivity (Wildman–Crippen MR) is 50.7 cm³/mol. The van der Waals surface area contributed by atoms with Crippen molar-refractivity contribution in [3.8, 4) is 0 Å². The Hall–Kier alpha value is -0.630. The first kappa shape index (κ1) is 7.99. The van der Waals surface area contributed by atoms with E-state index in [2.05, 4.69) is 19.1 Å². The molecule has 64 valence electrons. The van der Waals surface area contributed by atoms with Crippen LogP contribution in [0.15, 0.2) is 12.1 Å². The highest BCUT2D eigenvalue weighted by atomic mass is 32.1. The number of carbonyl (C=O) groups is 1. The van der Waals surface area contributed by atoms with Gasteiger partial charge in [0.1, 0.15) is 5.78 Å². The summed E-state index contributed by atoms with van der Waals surface area (Å²) in [5.74, 6) is 0.681. The second-order valence-electron chi connectivity index (χ2n) is 3.36. The Morgan fingerprint density at radius 3 is 2.83 bits per heavy atom. The molecule has 0 radical (unpaired) electrons. The van der Waals surface area contributed by atoms with E-state index in [1.54, 1.807) is 11.3 Å². The Morgan fingerprint density at radius 1 is 1.50 bits per heavy atom. The van der Waals surface area contributed by atoms with E-state index in [0.29, 0.717) is 5.78 Å². The largest absolute Gasteiger partial charge is 0.299 e. The van der Waals surface area contributed by atoms with Gasteiger partial charge in [-0.2, -0.15) is 0 Å². The first-order valence-corrected chi connectivity index (χ1v) is 5.18. The summed E-state index contributed by atoms with van der Waals surface area (Å²) >= 11 is 1.77. The predicted octanol–water partition coefficient (Wildman–Crippen LogP) is 2.89. The molecule has 12 heavy (non-hydrogen) atoms. The molecule has 1 atom stereocenters. The molecule has 0 aromatic carbocycles. The summed E-state index contributed by atoms with van der Waals surface area (Å²) in [7, 11) is 0. The smallest absolute Gasteiger partial charge is 0.141 e. The van der Waals surface area contributed by atoms with E-state index in [-0.39, 0.29) is 5.92 Å². The third-order valence-electron chi connectivity index (χ3n) is 2.41. The average Bonchev–Trinajstić information content (AvgIpc) is 2.58. The molecule has 1 heterocycles. The van der Waals surface area contributed by atoms with Crippen LogP contribution in [0.2, 0.25) is 0 Å². The monoisotopic (exact) mass is 180 g/mol. The number of ketones is 1. The van der Waals surface area contributed by atoms with E-state index >= 15 is 0 Å². The highest BCUT2D eigenvalue weighted by Crippen LogP contribution is 2.34. The fourth-order valence-electron chi connectivity index (χ4n) is 1.76. The third kappa shape index (κ3) is 1.31. The zero-order chi connectivity index (χ0) is 8.55. The van der Waals surface area contributed by atoms with Crippen molar-refractivity contribution in [2.24, 2.45) is 0 Å². The molecule has 0 spiro atoms. The van der Waals surface area contributed by atoms with E-state index in [4.69, 9.17) is 0 Å². The van der Waals surface area contributed by atoms with Crippen LogP contribution in [-0.2, 0) is 4.79 Å². The quantitative estimate of drug-likeness (QED) is 0.649. The van der Waals surface area contributed by atoms with E-state index < -0.39 is 0 Å². The number of aryl methyl sites for hydroxylation is 1. The number of hydrogen-bond donors (Lipinski definition) is 0. The fraction of sp³-hybridized carbons (Fsp3) is 0.500. The average molecular weight is 180 g/mol. The number of hydrogen-bond acceptors (Lipinski definition) is 2. The van der Waals surface area contributed by atoms with E-state index in [1.807, 2.05) is 0 Å². The van der Waals surface area contributed by atoms with Crippen molar-refractivity contribution in [2.45, 2.75) is 32.1 Å². The van der Waals surface area contributed by atoms with Gasteiger partial charge in [0.05, 0.1) is 5.92 Å². The topological polar surface area (TPSA) is 17.1 Å². The lowest BCUT2D eigenvalue weighted by Gasteiger charge is -2.02. The summed E-state index contributed by atoms with van der Waals surface area (Å²) in [5, 5.41) is 0. The van der Waals surface area contributed by atoms with Crippen LogP contribution in [0.5, 0.6) is 0 Å². The van der Waals surface area contributed by atoms with E-state index in [0.717, 1.165) is 19.3 Å². The third-order valence-corrected chi connectivity index (χ3v) is 3.52. The van der Waals surface area contributed by atoms with Crippen molar-refractivity contribution in [1.29, 1.82) is 0 Å². The molecular weight excluding hydrogens is 168 g/mol. The first-order chi connectivity index (χ1) is 5.77. The van der Waals surface area contributed by atoms with Crippen molar-refractivity contribution < 1.29 is 4.79 Å². The van der Waals surface area contributed by atoms with Crippen molar-refractivity contribution in [1.82, 2.24) is 0 Å². The van der Waals surface area contributed by atoms with Gasteiger partial charge in [-0.25, -0.2) is 0 Å². The van der Waals surface area contributed by atoms with Crippen LogP contribution >= 0.6 is 11.3 Å². The summed E-state index contributed by atoms with van der Waals surface area (Å²) < 4.78 is 0. The molecule has 1 aromatic rings. The lowest BCUT2D eigenvalue weighted by atomic mass is 10.1. The minimum Gasteiger partial charge on any atom is -0.299 e. The molecule has 1 aromatic heterocycles.